The van der Waals surface area contributed by atoms with E-state index >= 15 is 0 Å². The van der Waals surface area contributed by atoms with E-state index in [4.69, 9.17) is 11.5 Å². The van der Waals surface area contributed by atoms with Crippen molar-refractivity contribution in [2.45, 2.75) is 51.4 Å². The Bertz CT molecular complexity index is 945. The van der Waals surface area contributed by atoms with E-state index in [1.165, 1.54) is 22.3 Å². The van der Waals surface area contributed by atoms with Gasteiger partial charge in [0.25, 0.3) is 0 Å². The van der Waals surface area contributed by atoms with Crippen LogP contribution < -0.4 is 11.5 Å². The van der Waals surface area contributed by atoms with Gasteiger partial charge in [-0.3, -0.25) is 9.98 Å². The third-order valence-corrected chi connectivity index (χ3v) is 5.82. The minimum absolute atomic E-state index is 0.670. The molecule has 3 aromatic rings. The summed E-state index contributed by atoms with van der Waals surface area (Å²) in [5, 5.41) is 0. The topological polar surface area (TPSA) is 76.8 Å². The summed E-state index contributed by atoms with van der Waals surface area (Å²) in [7, 11) is 0. The molecule has 0 spiro atoms. The highest BCUT2D eigenvalue weighted by Gasteiger charge is 2.02. The Morgan fingerprint density at radius 3 is 1.35 bits per heavy atom. The van der Waals surface area contributed by atoms with Gasteiger partial charge in [-0.15, -0.1) is 0 Å². The molecule has 0 aliphatic carbocycles. The summed E-state index contributed by atoms with van der Waals surface area (Å²) in [5.74, 6) is 1.38. The van der Waals surface area contributed by atoms with E-state index in [0.29, 0.717) is 24.5 Å². The lowest BCUT2D eigenvalue weighted by atomic mass is 10.0. The van der Waals surface area contributed by atoms with Crippen LogP contribution in [0.25, 0.3) is 0 Å². The fraction of sp³-hybridized carbons (Fsp3) is 0.333. The summed E-state index contributed by atoms with van der Waals surface area (Å²) in [6, 6.07) is 29.6. The summed E-state index contributed by atoms with van der Waals surface area (Å²) in [4.78, 5) is 9.13. The predicted octanol–water partition coefficient (Wildman–Crippen LogP) is 5.53. The van der Waals surface area contributed by atoms with Crippen molar-refractivity contribution in [3.05, 3.63) is 107 Å². The van der Waals surface area contributed by atoms with Crippen molar-refractivity contribution >= 4 is 11.7 Å². The number of aliphatic imine (C=N–C) groups is 2. The van der Waals surface area contributed by atoms with E-state index in [2.05, 4.69) is 94.9 Å². The molecule has 0 aliphatic heterocycles. The van der Waals surface area contributed by atoms with Crippen LogP contribution in [0.4, 0.5) is 0 Å². The first kappa shape index (κ1) is 25.2. The fourth-order valence-corrected chi connectivity index (χ4v) is 4.00. The Morgan fingerprint density at radius 2 is 0.912 bits per heavy atom. The van der Waals surface area contributed by atoms with Crippen LogP contribution in [-0.2, 0) is 25.7 Å². The summed E-state index contributed by atoms with van der Waals surface area (Å²) in [5.41, 5.74) is 17.5. The molecule has 4 nitrogen and oxygen atoms in total. The number of hydrogen-bond donors (Lipinski definition) is 2. The molecule has 0 unspecified atom stereocenters. The quantitative estimate of drug-likeness (QED) is 0.191. The lowest BCUT2D eigenvalue weighted by Gasteiger charge is -2.06. The molecule has 4 heteroatoms. The zero-order valence-electron chi connectivity index (χ0n) is 20.2. The van der Waals surface area contributed by atoms with Gasteiger partial charge in [0.05, 0.1) is 11.7 Å². The largest absolute Gasteiger partial charge is 0.387 e. The maximum atomic E-state index is 6.19. The number of amidine groups is 2. The maximum Gasteiger partial charge on any atom is 0.0981 e. The molecule has 0 bridgehead atoms. The first-order valence-corrected chi connectivity index (χ1v) is 12.4. The van der Waals surface area contributed by atoms with E-state index < -0.39 is 0 Å². The normalized spacial score (nSPS) is 12.1. The molecule has 34 heavy (non-hydrogen) atoms. The van der Waals surface area contributed by atoms with Gasteiger partial charge in [-0.1, -0.05) is 84.9 Å². The molecule has 0 fully saturated rings. The number of nitrogens with two attached hydrogens (primary N) is 2. The van der Waals surface area contributed by atoms with Crippen molar-refractivity contribution in [2.75, 3.05) is 13.1 Å². The van der Waals surface area contributed by atoms with Crippen molar-refractivity contribution in [3.63, 3.8) is 0 Å². The van der Waals surface area contributed by atoms with Crippen molar-refractivity contribution in [2.24, 2.45) is 21.5 Å². The average molecular weight is 455 g/mol. The van der Waals surface area contributed by atoms with Crippen LogP contribution >= 0.6 is 0 Å². The van der Waals surface area contributed by atoms with Crippen LogP contribution in [0.1, 0.15) is 47.9 Å². The van der Waals surface area contributed by atoms with Crippen molar-refractivity contribution in [3.8, 4) is 0 Å². The van der Waals surface area contributed by atoms with Gasteiger partial charge in [0, 0.05) is 25.9 Å². The Hall–Kier alpha value is -3.40. The fourth-order valence-electron chi connectivity index (χ4n) is 4.00. The van der Waals surface area contributed by atoms with Crippen molar-refractivity contribution < 1.29 is 0 Å². The van der Waals surface area contributed by atoms with Gasteiger partial charge in [-0.25, -0.2) is 0 Å². The summed E-state index contributed by atoms with van der Waals surface area (Å²) < 4.78 is 0. The molecule has 0 heterocycles. The Labute approximate surface area is 204 Å². The van der Waals surface area contributed by atoms with Gasteiger partial charge < -0.3 is 11.5 Å². The van der Waals surface area contributed by atoms with Gasteiger partial charge in [0.15, 0.2) is 0 Å². The third-order valence-electron chi connectivity index (χ3n) is 5.82. The summed E-state index contributed by atoms with van der Waals surface area (Å²) >= 11 is 0. The zero-order valence-corrected chi connectivity index (χ0v) is 20.2. The highest BCUT2D eigenvalue weighted by atomic mass is 14.8. The molecule has 0 saturated heterocycles. The van der Waals surface area contributed by atoms with Gasteiger partial charge in [0.1, 0.15) is 0 Å². The number of unbranched alkanes of at least 4 members (excludes halogenated alkanes) is 2. The standard InChI is InChI=1S/C30H38N4/c31-29(33-20-9-7-16-25-12-3-1-4-13-25)23-27-18-11-19-28(22-27)24-30(32)34-21-10-8-17-26-14-5-2-6-15-26/h1-6,11-15,18-19,22H,7-10,16-17,20-21,23-24H2,(H2,31,33)(H2,32,34). The SMILES string of the molecule is NC(Cc1cccc(CC(N)=NCCCCc2ccccc2)c1)=NCCCCc1ccccc1. The molecule has 178 valence electrons. The Morgan fingerprint density at radius 1 is 0.500 bits per heavy atom. The number of aryl methyl sites for hydroxylation is 2. The number of nitrogens with zero attached hydrogens (tertiary/aromatic N) is 2. The van der Waals surface area contributed by atoms with E-state index in [1.807, 2.05) is 0 Å². The lowest BCUT2D eigenvalue weighted by Crippen LogP contribution is -2.17. The first-order chi connectivity index (χ1) is 16.7. The van der Waals surface area contributed by atoms with Crippen LogP contribution in [0.3, 0.4) is 0 Å². The summed E-state index contributed by atoms with van der Waals surface area (Å²) in [6.07, 6.45) is 7.87. The minimum Gasteiger partial charge on any atom is -0.387 e. The second kappa shape index (κ2) is 14.7. The van der Waals surface area contributed by atoms with Gasteiger partial charge in [0.2, 0.25) is 0 Å². The highest BCUT2D eigenvalue weighted by Crippen LogP contribution is 2.09. The molecule has 0 atom stereocenters. The molecule has 3 aromatic carbocycles. The molecule has 0 aliphatic rings. The molecule has 0 aromatic heterocycles. The molecular formula is C30H38N4. The Balaban J connectivity index is 1.35. The first-order valence-electron chi connectivity index (χ1n) is 12.4. The van der Waals surface area contributed by atoms with Crippen LogP contribution in [0.5, 0.6) is 0 Å². The molecule has 0 saturated carbocycles. The van der Waals surface area contributed by atoms with Gasteiger partial charge in [-0.05, 0) is 60.8 Å². The van der Waals surface area contributed by atoms with Crippen LogP contribution in [0.2, 0.25) is 0 Å². The minimum atomic E-state index is 0.670. The zero-order chi connectivity index (χ0) is 23.8. The maximum absolute atomic E-state index is 6.19. The van der Waals surface area contributed by atoms with Gasteiger partial charge >= 0.3 is 0 Å². The predicted molar refractivity (Wildman–Crippen MR) is 146 cm³/mol. The average Bonchev–Trinajstić information content (AvgIpc) is 2.85. The van der Waals surface area contributed by atoms with Crippen LogP contribution in [0, 0.1) is 0 Å². The number of rotatable bonds is 14. The Kier molecular flexibility index (Phi) is 10.9. The molecule has 4 N–H and O–H groups in total. The van der Waals surface area contributed by atoms with Crippen molar-refractivity contribution in [1.82, 2.24) is 0 Å². The van der Waals surface area contributed by atoms with E-state index in [0.717, 1.165) is 51.6 Å². The van der Waals surface area contributed by atoms with Crippen LogP contribution in [-0.4, -0.2) is 24.8 Å². The van der Waals surface area contributed by atoms with Crippen molar-refractivity contribution in [1.29, 1.82) is 0 Å². The third kappa shape index (κ3) is 10.0. The highest BCUT2D eigenvalue weighted by molar-refractivity contribution is 5.84. The molecule has 0 amide bonds. The molecule has 0 radical (unpaired) electrons. The second-order valence-corrected chi connectivity index (χ2v) is 8.81. The van der Waals surface area contributed by atoms with E-state index in [-0.39, 0.29) is 0 Å². The second-order valence-electron chi connectivity index (χ2n) is 8.81. The molecular weight excluding hydrogens is 416 g/mol. The monoisotopic (exact) mass is 454 g/mol. The lowest BCUT2D eigenvalue weighted by molar-refractivity contribution is 0.744. The summed E-state index contributed by atoms with van der Waals surface area (Å²) in [6.45, 7) is 1.56. The smallest absolute Gasteiger partial charge is 0.0981 e. The number of benzene rings is 3. The van der Waals surface area contributed by atoms with Crippen LogP contribution in [0.15, 0.2) is 94.9 Å². The molecule has 3 rings (SSSR count). The van der Waals surface area contributed by atoms with Gasteiger partial charge in [-0.2, -0.15) is 0 Å². The van der Waals surface area contributed by atoms with E-state index in [9.17, 15) is 0 Å². The van der Waals surface area contributed by atoms with E-state index in [1.54, 1.807) is 0 Å². The number of hydrogen-bond acceptors (Lipinski definition) is 2.